The fourth-order valence-corrected chi connectivity index (χ4v) is 3.31. The summed E-state index contributed by atoms with van der Waals surface area (Å²) in [6, 6.07) is 9.78. The number of pyridine rings is 1. The standard InChI is InChI=1S/C19H27NO/c1-17(2,3)19(7,18(4,5)6)16-15(21)12-13-10-8-9-11-14(13)20-16/h8-12,21H,1-7H3. The van der Waals surface area contributed by atoms with Crippen LogP contribution in [0, 0.1) is 10.8 Å². The van der Waals surface area contributed by atoms with E-state index in [0.717, 1.165) is 16.6 Å². The summed E-state index contributed by atoms with van der Waals surface area (Å²) in [5.74, 6) is 0.293. The van der Waals surface area contributed by atoms with Gasteiger partial charge in [-0.05, 0) is 23.0 Å². The highest BCUT2D eigenvalue weighted by Crippen LogP contribution is 2.54. The van der Waals surface area contributed by atoms with Gasteiger partial charge in [-0.25, -0.2) is 4.98 Å². The molecule has 1 aromatic heterocycles. The van der Waals surface area contributed by atoms with Crippen molar-refractivity contribution in [2.45, 2.75) is 53.9 Å². The molecule has 114 valence electrons. The van der Waals surface area contributed by atoms with Crippen molar-refractivity contribution < 1.29 is 5.11 Å². The van der Waals surface area contributed by atoms with E-state index >= 15 is 0 Å². The van der Waals surface area contributed by atoms with Crippen LogP contribution in [-0.2, 0) is 5.41 Å². The normalized spacial score (nSPS) is 13.7. The third-order valence-corrected chi connectivity index (χ3v) is 5.18. The summed E-state index contributed by atoms with van der Waals surface area (Å²) in [5.41, 5.74) is 1.41. The minimum Gasteiger partial charge on any atom is -0.506 e. The Kier molecular flexibility index (Phi) is 3.56. The lowest BCUT2D eigenvalue weighted by Gasteiger charge is -2.51. The van der Waals surface area contributed by atoms with Gasteiger partial charge in [0.15, 0.2) is 0 Å². The Hall–Kier alpha value is -1.57. The number of aromatic hydroxyl groups is 1. The van der Waals surface area contributed by atoms with Gasteiger partial charge in [-0.2, -0.15) is 0 Å². The van der Waals surface area contributed by atoms with Gasteiger partial charge in [0.25, 0.3) is 0 Å². The lowest BCUT2D eigenvalue weighted by atomic mass is 9.53. The highest BCUT2D eigenvalue weighted by Gasteiger charge is 2.50. The maximum atomic E-state index is 10.6. The predicted molar refractivity (Wildman–Crippen MR) is 89.7 cm³/mol. The lowest BCUT2D eigenvalue weighted by molar-refractivity contribution is 0.0629. The monoisotopic (exact) mass is 285 g/mol. The van der Waals surface area contributed by atoms with Crippen LogP contribution in [0.25, 0.3) is 10.9 Å². The fraction of sp³-hybridized carbons (Fsp3) is 0.526. The molecule has 2 heteroatoms. The van der Waals surface area contributed by atoms with Crippen molar-refractivity contribution >= 4 is 10.9 Å². The summed E-state index contributed by atoms with van der Waals surface area (Å²) in [6.07, 6.45) is 0. The minimum atomic E-state index is -0.256. The molecule has 0 radical (unpaired) electrons. The van der Waals surface area contributed by atoms with Crippen LogP contribution in [0.15, 0.2) is 30.3 Å². The second-order valence-corrected chi connectivity index (χ2v) is 8.17. The lowest BCUT2D eigenvalue weighted by Crippen LogP contribution is -2.48. The summed E-state index contributed by atoms with van der Waals surface area (Å²) < 4.78 is 0. The summed E-state index contributed by atoms with van der Waals surface area (Å²) in [4.78, 5) is 4.83. The van der Waals surface area contributed by atoms with Crippen LogP contribution in [0.1, 0.15) is 54.2 Å². The van der Waals surface area contributed by atoms with E-state index in [1.165, 1.54) is 0 Å². The number of nitrogens with zero attached hydrogens (tertiary/aromatic N) is 1. The summed E-state index contributed by atoms with van der Waals surface area (Å²) in [6.45, 7) is 15.5. The van der Waals surface area contributed by atoms with Crippen LogP contribution in [0.3, 0.4) is 0 Å². The molecule has 0 aliphatic rings. The van der Waals surface area contributed by atoms with Crippen molar-refractivity contribution in [3.8, 4) is 5.75 Å². The van der Waals surface area contributed by atoms with E-state index in [1.807, 2.05) is 30.3 Å². The number of rotatable bonds is 1. The zero-order valence-electron chi connectivity index (χ0n) is 14.3. The first-order valence-corrected chi connectivity index (χ1v) is 7.58. The average Bonchev–Trinajstić information content (AvgIpc) is 2.34. The molecule has 0 unspecified atom stereocenters. The highest BCUT2D eigenvalue weighted by molar-refractivity contribution is 5.80. The zero-order chi connectivity index (χ0) is 16.1. The Labute approximate surface area is 128 Å². The minimum absolute atomic E-state index is 0.0296. The first kappa shape index (κ1) is 15.8. The SMILES string of the molecule is CC(C)(C)C(C)(c1nc2ccccc2cc1O)C(C)(C)C. The number of fused-ring (bicyclic) bond motifs is 1. The zero-order valence-corrected chi connectivity index (χ0v) is 14.3. The van der Waals surface area contributed by atoms with Crippen LogP contribution in [0.5, 0.6) is 5.75 Å². The Morgan fingerprint density at radius 1 is 0.857 bits per heavy atom. The Morgan fingerprint density at radius 3 is 1.90 bits per heavy atom. The molecular weight excluding hydrogens is 258 g/mol. The van der Waals surface area contributed by atoms with Crippen molar-refractivity contribution in [2.24, 2.45) is 10.8 Å². The third-order valence-electron chi connectivity index (χ3n) is 5.18. The number of para-hydroxylation sites is 1. The van der Waals surface area contributed by atoms with Gasteiger partial charge in [-0.3, -0.25) is 0 Å². The molecule has 0 aliphatic heterocycles. The van der Waals surface area contributed by atoms with Crippen LogP contribution >= 0.6 is 0 Å². The Morgan fingerprint density at radius 2 is 1.38 bits per heavy atom. The van der Waals surface area contributed by atoms with E-state index in [2.05, 4.69) is 48.5 Å². The van der Waals surface area contributed by atoms with Crippen LogP contribution < -0.4 is 0 Å². The van der Waals surface area contributed by atoms with Crippen molar-refractivity contribution in [3.63, 3.8) is 0 Å². The fourth-order valence-electron chi connectivity index (χ4n) is 3.31. The largest absolute Gasteiger partial charge is 0.506 e. The van der Waals surface area contributed by atoms with E-state index in [4.69, 9.17) is 4.98 Å². The number of hydrogen-bond donors (Lipinski definition) is 1. The van der Waals surface area contributed by atoms with Gasteiger partial charge in [0, 0.05) is 10.8 Å². The molecule has 1 N–H and O–H groups in total. The first-order valence-electron chi connectivity index (χ1n) is 7.58. The second-order valence-electron chi connectivity index (χ2n) is 8.17. The quantitative estimate of drug-likeness (QED) is 0.772. The molecule has 0 amide bonds. The van der Waals surface area contributed by atoms with Crippen LogP contribution in [-0.4, -0.2) is 10.1 Å². The molecule has 0 saturated heterocycles. The van der Waals surface area contributed by atoms with Gasteiger partial charge >= 0.3 is 0 Å². The molecule has 1 aromatic carbocycles. The maximum absolute atomic E-state index is 10.6. The van der Waals surface area contributed by atoms with E-state index < -0.39 is 0 Å². The smallest absolute Gasteiger partial charge is 0.138 e. The van der Waals surface area contributed by atoms with E-state index in [-0.39, 0.29) is 16.2 Å². The summed E-state index contributed by atoms with van der Waals surface area (Å²) in [5, 5.41) is 11.6. The van der Waals surface area contributed by atoms with Gasteiger partial charge in [0.05, 0.1) is 11.2 Å². The summed E-state index contributed by atoms with van der Waals surface area (Å²) >= 11 is 0. The average molecular weight is 285 g/mol. The first-order chi connectivity index (χ1) is 9.48. The predicted octanol–water partition coefficient (Wildman–Crippen LogP) is 5.29. The molecule has 2 rings (SSSR count). The number of aromatic nitrogens is 1. The molecule has 2 nitrogen and oxygen atoms in total. The highest BCUT2D eigenvalue weighted by atomic mass is 16.3. The molecule has 2 aromatic rings. The molecule has 0 aliphatic carbocycles. The molecule has 0 bridgehead atoms. The molecule has 0 atom stereocenters. The maximum Gasteiger partial charge on any atom is 0.138 e. The van der Waals surface area contributed by atoms with Crippen molar-refractivity contribution in [1.29, 1.82) is 0 Å². The van der Waals surface area contributed by atoms with E-state index in [0.29, 0.717) is 5.75 Å². The topological polar surface area (TPSA) is 33.1 Å². The van der Waals surface area contributed by atoms with E-state index in [9.17, 15) is 5.11 Å². The van der Waals surface area contributed by atoms with Crippen molar-refractivity contribution in [2.75, 3.05) is 0 Å². The van der Waals surface area contributed by atoms with Gasteiger partial charge in [-0.15, -0.1) is 0 Å². The van der Waals surface area contributed by atoms with Gasteiger partial charge in [0.1, 0.15) is 5.75 Å². The molecular formula is C19H27NO. The molecule has 21 heavy (non-hydrogen) atoms. The van der Waals surface area contributed by atoms with Crippen LogP contribution in [0.4, 0.5) is 0 Å². The van der Waals surface area contributed by atoms with Gasteiger partial charge in [0.2, 0.25) is 0 Å². The summed E-state index contributed by atoms with van der Waals surface area (Å²) in [7, 11) is 0. The molecule has 0 spiro atoms. The molecule has 1 heterocycles. The Bertz CT molecular complexity index is 645. The number of hydrogen-bond acceptors (Lipinski definition) is 2. The van der Waals surface area contributed by atoms with Crippen molar-refractivity contribution in [1.82, 2.24) is 4.98 Å². The van der Waals surface area contributed by atoms with Crippen LogP contribution in [0.2, 0.25) is 0 Å². The second kappa shape index (κ2) is 4.72. The third kappa shape index (κ3) is 2.41. The molecule has 0 saturated carbocycles. The molecule has 0 fully saturated rings. The van der Waals surface area contributed by atoms with Gasteiger partial charge in [-0.1, -0.05) is 66.7 Å². The van der Waals surface area contributed by atoms with E-state index in [1.54, 1.807) is 0 Å². The van der Waals surface area contributed by atoms with Crippen molar-refractivity contribution in [3.05, 3.63) is 36.0 Å². The van der Waals surface area contributed by atoms with Gasteiger partial charge < -0.3 is 5.11 Å². The Balaban J connectivity index is 2.81. The number of benzene rings is 1.